The highest BCUT2D eigenvalue weighted by Gasteiger charge is 2.50. The van der Waals surface area contributed by atoms with Crippen molar-refractivity contribution in [3.8, 4) is 0 Å². The second-order valence-electron chi connectivity index (χ2n) is 5.93. The third-order valence-corrected chi connectivity index (χ3v) is 4.31. The Kier molecular flexibility index (Phi) is 5.39. The maximum Gasteiger partial charge on any atom is 0.177 e. The molecule has 10 nitrogen and oxygen atoms in total. The Hall–Kier alpha value is -0.400. The zero-order chi connectivity index (χ0) is 16.7. The van der Waals surface area contributed by atoms with E-state index in [1.54, 1.807) is 6.92 Å². The first-order chi connectivity index (χ1) is 10.2. The Bertz CT molecular complexity index is 387. The number of aliphatic hydroxyl groups is 1. The molecule has 0 aromatic heterocycles. The Labute approximate surface area is 129 Å². The van der Waals surface area contributed by atoms with E-state index in [9.17, 15) is 5.11 Å². The second-order valence-corrected chi connectivity index (χ2v) is 5.93. The fourth-order valence-corrected chi connectivity index (χ4v) is 2.77. The smallest absolute Gasteiger partial charge is 0.177 e. The van der Waals surface area contributed by atoms with Gasteiger partial charge in [0, 0.05) is 13.5 Å². The minimum atomic E-state index is -1.45. The summed E-state index contributed by atoms with van der Waals surface area (Å²) in [6.07, 6.45) is -3.90. The van der Waals surface area contributed by atoms with Crippen LogP contribution in [0.15, 0.2) is 0 Å². The molecule has 0 amide bonds. The maximum atomic E-state index is 9.62. The summed E-state index contributed by atoms with van der Waals surface area (Å²) in [5, 5.41) is 9.62. The lowest BCUT2D eigenvalue weighted by Crippen LogP contribution is -2.81. The first kappa shape index (κ1) is 17.9. The first-order valence-corrected chi connectivity index (χ1v) is 7.20. The average Bonchev–Trinajstić information content (AvgIpc) is 2.45. The number of aliphatic hydroxyl groups excluding tert-OH is 1. The first-order valence-electron chi connectivity index (χ1n) is 7.20. The quantitative estimate of drug-likeness (QED) is 0.284. The summed E-state index contributed by atoms with van der Waals surface area (Å²) in [4.78, 5) is 0. The van der Waals surface area contributed by atoms with Crippen molar-refractivity contribution in [3.05, 3.63) is 0 Å². The molecule has 0 aromatic rings. The summed E-state index contributed by atoms with van der Waals surface area (Å²) >= 11 is 0. The minimum Gasteiger partial charge on any atom is -0.378 e. The lowest BCUT2D eigenvalue weighted by atomic mass is 9.91. The van der Waals surface area contributed by atoms with Crippen molar-refractivity contribution < 1.29 is 24.1 Å². The molecular weight excluding hydrogens is 294 g/mol. The van der Waals surface area contributed by atoms with Gasteiger partial charge in [0.05, 0.1) is 24.3 Å². The monoisotopic (exact) mass is 321 g/mol. The van der Waals surface area contributed by atoms with Crippen molar-refractivity contribution in [1.29, 1.82) is 0 Å². The van der Waals surface area contributed by atoms with Gasteiger partial charge in [0.2, 0.25) is 0 Å². The van der Waals surface area contributed by atoms with Gasteiger partial charge in [0.15, 0.2) is 12.6 Å². The van der Waals surface area contributed by atoms with Crippen LogP contribution in [0.4, 0.5) is 0 Å². The van der Waals surface area contributed by atoms with E-state index < -0.39 is 48.8 Å². The molecular formula is C12H27N5O5. The van der Waals surface area contributed by atoms with Crippen LogP contribution in [0.1, 0.15) is 13.3 Å². The SMILES string of the molecule is CO[C@H]1C[C@H](O)O[C@@H](C)[C@@H]1OC1O[C@@H](N)C(N)(N)[C@H](N)[C@@H]1N. The highest BCUT2D eigenvalue weighted by molar-refractivity contribution is 5.04. The molecule has 8 atom stereocenters. The molecule has 11 N–H and O–H groups in total. The topological polar surface area (TPSA) is 187 Å². The molecule has 0 bridgehead atoms. The zero-order valence-corrected chi connectivity index (χ0v) is 12.8. The van der Waals surface area contributed by atoms with Crippen LogP contribution in [0.5, 0.6) is 0 Å². The van der Waals surface area contributed by atoms with Crippen LogP contribution < -0.4 is 28.7 Å². The Morgan fingerprint density at radius 3 is 2.41 bits per heavy atom. The molecule has 2 saturated heterocycles. The maximum absolute atomic E-state index is 9.62. The van der Waals surface area contributed by atoms with Crippen molar-refractivity contribution >= 4 is 0 Å². The highest BCUT2D eigenvalue weighted by atomic mass is 16.7. The molecule has 0 saturated carbocycles. The summed E-state index contributed by atoms with van der Waals surface area (Å²) in [6, 6.07) is -1.58. The number of methoxy groups -OCH3 is 1. The van der Waals surface area contributed by atoms with Crippen molar-refractivity contribution in [1.82, 2.24) is 0 Å². The van der Waals surface area contributed by atoms with Crippen LogP contribution >= 0.6 is 0 Å². The number of nitrogens with two attached hydrogens (primary N) is 5. The van der Waals surface area contributed by atoms with E-state index in [0.717, 1.165) is 0 Å². The minimum absolute atomic E-state index is 0.267. The molecule has 0 radical (unpaired) electrons. The molecule has 2 rings (SSSR count). The number of rotatable bonds is 3. The molecule has 0 aromatic carbocycles. The molecule has 130 valence electrons. The fourth-order valence-electron chi connectivity index (χ4n) is 2.77. The van der Waals surface area contributed by atoms with Crippen molar-refractivity contribution in [2.75, 3.05) is 7.11 Å². The van der Waals surface area contributed by atoms with Gasteiger partial charge in [-0.15, -0.1) is 0 Å². The van der Waals surface area contributed by atoms with E-state index >= 15 is 0 Å². The van der Waals surface area contributed by atoms with Gasteiger partial charge in [0.25, 0.3) is 0 Å². The predicted molar refractivity (Wildman–Crippen MR) is 76.7 cm³/mol. The van der Waals surface area contributed by atoms with Gasteiger partial charge in [-0.1, -0.05) is 0 Å². The number of hydrogen-bond acceptors (Lipinski definition) is 10. The Balaban J connectivity index is 2.09. The van der Waals surface area contributed by atoms with Gasteiger partial charge < -0.3 is 52.7 Å². The standard InChI is InChI=1S/C12H27N5O5/c1-4-8(5(19-2)3-6(18)20-4)21-10-7(13)9(14)12(16,17)11(15)22-10/h4-11,18H,3,13-17H2,1-2H3/t4-,5-,6+,7-,8-,9+,10?,11+/m0/s1. The van der Waals surface area contributed by atoms with Crippen LogP contribution in [0, 0.1) is 0 Å². The summed E-state index contributed by atoms with van der Waals surface area (Å²) in [5.74, 6) is 0. The van der Waals surface area contributed by atoms with E-state index in [1.165, 1.54) is 7.11 Å². The van der Waals surface area contributed by atoms with Gasteiger partial charge >= 0.3 is 0 Å². The van der Waals surface area contributed by atoms with E-state index in [1.807, 2.05) is 0 Å². The molecule has 2 aliphatic heterocycles. The zero-order valence-electron chi connectivity index (χ0n) is 12.8. The van der Waals surface area contributed by atoms with Crippen LogP contribution in [0.3, 0.4) is 0 Å². The lowest BCUT2D eigenvalue weighted by Gasteiger charge is -2.49. The van der Waals surface area contributed by atoms with Crippen molar-refractivity contribution in [3.63, 3.8) is 0 Å². The van der Waals surface area contributed by atoms with Crippen LogP contribution in [-0.4, -0.2) is 67.1 Å². The van der Waals surface area contributed by atoms with Gasteiger partial charge in [0.1, 0.15) is 18.0 Å². The van der Waals surface area contributed by atoms with Gasteiger partial charge in [-0.3, -0.25) is 0 Å². The van der Waals surface area contributed by atoms with Crippen LogP contribution in [-0.2, 0) is 18.9 Å². The van der Waals surface area contributed by atoms with Crippen molar-refractivity contribution in [2.24, 2.45) is 28.7 Å². The largest absolute Gasteiger partial charge is 0.378 e. The molecule has 1 unspecified atom stereocenters. The average molecular weight is 321 g/mol. The highest BCUT2D eigenvalue weighted by Crippen LogP contribution is 2.28. The summed E-state index contributed by atoms with van der Waals surface area (Å²) < 4.78 is 22.0. The number of ether oxygens (including phenoxy) is 4. The second kappa shape index (κ2) is 6.61. The van der Waals surface area contributed by atoms with Gasteiger partial charge in [-0.2, -0.15) is 0 Å². The molecule has 2 aliphatic rings. The lowest BCUT2D eigenvalue weighted by molar-refractivity contribution is -0.303. The van der Waals surface area contributed by atoms with E-state index in [4.69, 9.17) is 47.6 Å². The van der Waals surface area contributed by atoms with Crippen LogP contribution in [0.25, 0.3) is 0 Å². The normalized spacial score (nSPS) is 49.1. The third-order valence-electron chi connectivity index (χ3n) is 4.31. The molecule has 10 heteroatoms. The molecule has 2 fully saturated rings. The van der Waals surface area contributed by atoms with Crippen molar-refractivity contribution in [2.45, 2.75) is 68.2 Å². The fraction of sp³-hybridized carbons (Fsp3) is 1.00. The third kappa shape index (κ3) is 3.26. The summed E-state index contributed by atoms with van der Waals surface area (Å²) in [5.41, 5.74) is 28.0. The predicted octanol–water partition coefficient (Wildman–Crippen LogP) is -3.58. The Morgan fingerprint density at radius 1 is 1.18 bits per heavy atom. The molecule has 0 spiro atoms. The molecule has 22 heavy (non-hydrogen) atoms. The van der Waals surface area contributed by atoms with Gasteiger partial charge in [-0.25, -0.2) is 0 Å². The Morgan fingerprint density at radius 2 is 1.82 bits per heavy atom. The summed E-state index contributed by atoms with van der Waals surface area (Å²) in [6.45, 7) is 1.75. The number of hydrogen-bond donors (Lipinski definition) is 6. The molecule has 0 aliphatic carbocycles. The van der Waals surface area contributed by atoms with E-state index in [2.05, 4.69) is 0 Å². The molecule has 2 heterocycles. The van der Waals surface area contributed by atoms with Crippen LogP contribution in [0.2, 0.25) is 0 Å². The van der Waals surface area contributed by atoms with E-state index in [-0.39, 0.29) is 12.5 Å². The van der Waals surface area contributed by atoms with Gasteiger partial charge in [-0.05, 0) is 6.92 Å². The van der Waals surface area contributed by atoms with E-state index in [0.29, 0.717) is 0 Å². The summed E-state index contributed by atoms with van der Waals surface area (Å²) in [7, 11) is 1.52.